The van der Waals surface area contributed by atoms with Gasteiger partial charge in [0.2, 0.25) is 10.0 Å². The number of nitrogens with one attached hydrogen (secondary N) is 2. The number of hydrogen-bond donors (Lipinski definition) is 2. The summed E-state index contributed by atoms with van der Waals surface area (Å²) in [6.07, 6.45) is 2.07. The van der Waals surface area contributed by atoms with Crippen LogP contribution < -0.4 is 5.32 Å². The maximum absolute atomic E-state index is 12.5. The second kappa shape index (κ2) is 6.58. The lowest BCUT2D eigenvalue weighted by Crippen LogP contribution is -2.35. The van der Waals surface area contributed by atoms with Crippen molar-refractivity contribution in [1.82, 2.24) is 19.8 Å². The zero-order valence-electron chi connectivity index (χ0n) is 13.9. The molecule has 1 aliphatic heterocycles. The smallest absolute Gasteiger partial charge is 0.255 e. The first kappa shape index (κ1) is 16.8. The van der Waals surface area contributed by atoms with Gasteiger partial charge in [0.25, 0.3) is 5.91 Å². The highest BCUT2D eigenvalue weighted by atomic mass is 32.2. The zero-order chi connectivity index (χ0) is 18.1. The Morgan fingerprint density at radius 3 is 2.96 bits per heavy atom. The summed E-state index contributed by atoms with van der Waals surface area (Å²) in [5, 5.41) is 10.4. The van der Waals surface area contributed by atoms with E-state index in [1.165, 1.54) is 10.5 Å². The minimum atomic E-state index is -3.16. The van der Waals surface area contributed by atoms with E-state index in [9.17, 15) is 13.2 Å². The molecule has 1 aromatic carbocycles. The van der Waals surface area contributed by atoms with E-state index in [0.29, 0.717) is 30.0 Å². The van der Waals surface area contributed by atoms with Gasteiger partial charge in [-0.25, -0.2) is 12.7 Å². The Bertz CT molecular complexity index is 1020. The summed E-state index contributed by atoms with van der Waals surface area (Å²) in [6, 6.07) is 9.41. The number of benzene rings is 1. The maximum atomic E-state index is 12.5. The van der Waals surface area contributed by atoms with Gasteiger partial charge in [0.05, 0.1) is 17.5 Å². The van der Waals surface area contributed by atoms with Crippen LogP contribution >= 0.6 is 0 Å². The Hall–Kier alpha value is -2.65. The molecule has 9 heteroatoms. The Balaban J connectivity index is 1.47. The summed E-state index contributed by atoms with van der Waals surface area (Å²) < 4.78 is 30.7. The predicted molar refractivity (Wildman–Crippen MR) is 96.1 cm³/mol. The third kappa shape index (κ3) is 3.11. The molecule has 1 amide bonds. The number of H-pyrrole nitrogens is 1. The van der Waals surface area contributed by atoms with E-state index in [1.807, 2.05) is 30.3 Å². The third-order valence-electron chi connectivity index (χ3n) is 4.41. The molecule has 1 saturated heterocycles. The molecule has 0 atom stereocenters. The average molecular weight is 374 g/mol. The van der Waals surface area contributed by atoms with E-state index >= 15 is 0 Å². The van der Waals surface area contributed by atoms with E-state index < -0.39 is 10.0 Å². The van der Waals surface area contributed by atoms with Crippen LogP contribution in [-0.2, 0) is 10.0 Å². The van der Waals surface area contributed by atoms with Gasteiger partial charge < -0.3 is 9.73 Å². The fourth-order valence-corrected chi connectivity index (χ4v) is 4.61. The second-order valence-corrected chi connectivity index (χ2v) is 8.22. The molecule has 3 heterocycles. The van der Waals surface area contributed by atoms with Gasteiger partial charge in [0, 0.05) is 25.0 Å². The number of aromatic amines is 1. The number of amides is 1. The number of nitrogens with zero attached hydrogens (tertiary/aromatic N) is 2. The van der Waals surface area contributed by atoms with E-state index in [1.54, 1.807) is 0 Å². The topological polar surface area (TPSA) is 108 Å². The molecule has 4 rings (SSSR count). The number of fused-ring (bicyclic) bond motifs is 1. The minimum Gasteiger partial charge on any atom is -0.454 e. The summed E-state index contributed by atoms with van der Waals surface area (Å²) in [5.41, 5.74) is 1.57. The number of sulfonamides is 1. The van der Waals surface area contributed by atoms with Crippen molar-refractivity contribution in [3.8, 4) is 11.5 Å². The van der Waals surface area contributed by atoms with Gasteiger partial charge in [-0.3, -0.25) is 9.89 Å². The molecule has 2 aromatic heterocycles. The van der Waals surface area contributed by atoms with Crippen LogP contribution in [0.15, 0.2) is 40.9 Å². The number of carbonyl (C=O) groups is 1. The molecule has 136 valence electrons. The molecule has 26 heavy (non-hydrogen) atoms. The molecule has 0 unspecified atom stereocenters. The van der Waals surface area contributed by atoms with Crippen molar-refractivity contribution in [2.24, 2.45) is 0 Å². The van der Waals surface area contributed by atoms with Gasteiger partial charge in [0.1, 0.15) is 11.3 Å². The van der Waals surface area contributed by atoms with Gasteiger partial charge in [-0.1, -0.05) is 18.2 Å². The number of carbonyl (C=O) groups excluding carboxylic acids is 1. The summed E-state index contributed by atoms with van der Waals surface area (Å²) in [7, 11) is -3.16. The van der Waals surface area contributed by atoms with E-state index in [4.69, 9.17) is 4.42 Å². The molecule has 0 spiro atoms. The first-order chi connectivity index (χ1) is 12.5. The second-order valence-electron chi connectivity index (χ2n) is 6.13. The highest BCUT2D eigenvalue weighted by Gasteiger charge is 2.27. The highest BCUT2D eigenvalue weighted by molar-refractivity contribution is 7.89. The van der Waals surface area contributed by atoms with Gasteiger partial charge in [0.15, 0.2) is 5.76 Å². The molecule has 8 nitrogen and oxygen atoms in total. The van der Waals surface area contributed by atoms with E-state index in [2.05, 4.69) is 15.5 Å². The molecule has 0 radical (unpaired) electrons. The molecule has 1 fully saturated rings. The van der Waals surface area contributed by atoms with Gasteiger partial charge >= 0.3 is 0 Å². The molecule has 0 bridgehead atoms. The number of furan rings is 1. The lowest BCUT2D eigenvalue weighted by atomic mass is 10.2. The molecular formula is C17H18N4O4S. The largest absolute Gasteiger partial charge is 0.454 e. The molecule has 0 aliphatic carbocycles. The Morgan fingerprint density at radius 1 is 1.35 bits per heavy atom. The molecule has 3 aromatic rings. The van der Waals surface area contributed by atoms with Crippen LogP contribution in [0.1, 0.15) is 16.8 Å². The molecule has 0 saturated carbocycles. The van der Waals surface area contributed by atoms with Crippen molar-refractivity contribution in [3.63, 3.8) is 0 Å². The van der Waals surface area contributed by atoms with E-state index in [-0.39, 0.29) is 24.7 Å². The fraction of sp³-hybridized carbons (Fsp3) is 0.294. The zero-order valence-corrected chi connectivity index (χ0v) is 14.8. The van der Waals surface area contributed by atoms with Crippen LogP contribution in [0.2, 0.25) is 0 Å². The first-order valence-electron chi connectivity index (χ1n) is 8.33. The van der Waals surface area contributed by atoms with E-state index in [0.717, 1.165) is 11.0 Å². The number of hydrogen-bond acceptors (Lipinski definition) is 5. The van der Waals surface area contributed by atoms with Gasteiger partial charge in [-0.2, -0.15) is 5.10 Å². The summed E-state index contributed by atoms with van der Waals surface area (Å²) in [4.78, 5) is 12.5. The number of para-hydroxylation sites is 1. The molecule has 1 aliphatic rings. The van der Waals surface area contributed by atoms with Crippen molar-refractivity contribution in [3.05, 3.63) is 42.1 Å². The average Bonchev–Trinajstić information content (AvgIpc) is 3.32. The van der Waals surface area contributed by atoms with Crippen molar-refractivity contribution in [1.29, 1.82) is 0 Å². The Morgan fingerprint density at radius 2 is 2.19 bits per heavy atom. The monoisotopic (exact) mass is 374 g/mol. The fourth-order valence-electron chi connectivity index (χ4n) is 3.08. The highest BCUT2D eigenvalue weighted by Crippen LogP contribution is 2.28. The Kier molecular flexibility index (Phi) is 4.25. The lowest BCUT2D eigenvalue weighted by molar-refractivity contribution is 0.0952. The van der Waals surface area contributed by atoms with Crippen molar-refractivity contribution in [2.45, 2.75) is 6.42 Å². The lowest BCUT2D eigenvalue weighted by Gasteiger charge is -2.14. The first-order valence-corrected chi connectivity index (χ1v) is 9.94. The van der Waals surface area contributed by atoms with Gasteiger partial charge in [-0.15, -0.1) is 0 Å². The van der Waals surface area contributed by atoms with Crippen molar-refractivity contribution < 1.29 is 17.6 Å². The van der Waals surface area contributed by atoms with Crippen molar-refractivity contribution >= 4 is 26.9 Å². The third-order valence-corrected chi connectivity index (χ3v) is 6.36. The Labute approximate surface area is 150 Å². The number of aromatic nitrogens is 2. The SMILES string of the molecule is O=C(NCCN1CCCS1(=O)=O)c1cn[nH]c1-c1cc2ccccc2o1. The van der Waals surface area contributed by atoms with Crippen LogP contribution in [0.25, 0.3) is 22.4 Å². The maximum Gasteiger partial charge on any atom is 0.255 e. The quantitative estimate of drug-likeness (QED) is 0.705. The van der Waals surface area contributed by atoms with Crippen LogP contribution in [-0.4, -0.2) is 54.2 Å². The summed E-state index contributed by atoms with van der Waals surface area (Å²) in [6.45, 7) is 1.02. The molecule has 2 N–H and O–H groups in total. The van der Waals surface area contributed by atoms with Gasteiger partial charge in [-0.05, 0) is 18.6 Å². The molecular weight excluding hydrogens is 356 g/mol. The van der Waals surface area contributed by atoms with Crippen LogP contribution in [0, 0.1) is 0 Å². The predicted octanol–water partition coefficient (Wildman–Crippen LogP) is 1.59. The van der Waals surface area contributed by atoms with Crippen molar-refractivity contribution in [2.75, 3.05) is 25.4 Å². The summed E-state index contributed by atoms with van der Waals surface area (Å²) in [5.74, 6) is 0.376. The standard InChI is InChI=1S/C17H18N4O4S/c22-17(18-6-8-21-7-3-9-26(21,23)24)13-11-19-20-16(13)15-10-12-4-1-2-5-14(12)25-15/h1-2,4-5,10-11H,3,6-9H2,(H,18,22)(H,19,20). The van der Waals surface area contributed by atoms with Crippen LogP contribution in [0.4, 0.5) is 0 Å². The number of rotatable bonds is 5. The summed E-state index contributed by atoms with van der Waals surface area (Å²) >= 11 is 0. The van der Waals surface area contributed by atoms with Crippen LogP contribution in [0.5, 0.6) is 0 Å². The van der Waals surface area contributed by atoms with Crippen LogP contribution in [0.3, 0.4) is 0 Å². The minimum absolute atomic E-state index is 0.179. The normalized spacial score (nSPS) is 16.9.